The molecule has 0 heterocycles. The van der Waals surface area contributed by atoms with Crippen molar-refractivity contribution in [3.05, 3.63) is 0 Å². The predicted molar refractivity (Wildman–Crippen MR) is 63.5 cm³/mol. The van der Waals surface area contributed by atoms with Gasteiger partial charge in [-0.2, -0.15) is 16.8 Å². The molecule has 10 nitrogen and oxygen atoms in total. The molecular weight excluding hydrogens is 320 g/mol. The normalized spacial score (nSPS) is 15.2. The minimum absolute atomic E-state index is 0.595. The van der Waals surface area contributed by atoms with Gasteiger partial charge in [-0.1, -0.05) is 0 Å². The zero-order valence-corrected chi connectivity index (χ0v) is 12.7. The number of esters is 2. The number of carbonyl (C=O) groups excluding carboxylic acids is 2. The number of methoxy groups -OCH3 is 2. The molecule has 20 heavy (non-hydrogen) atoms. The van der Waals surface area contributed by atoms with Crippen LogP contribution >= 0.6 is 0 Å². The zero-order chi connectivity index (χ0) is 16.1. The fourth-order valence-electron chi connectivity index (χ4n) is 1.04. The standard InChI is InChI=1S/C8H14O10S2/c1-15-7(9)5(17-19(3,11)12)6(8(10)16-2)18-20(4,13)14/h5-6H,1-4H3. The first kappa shape index (κ1) is 18.8. The summed E-state index contributed by atoms with van der Waals surface area (Å²) in [7, 11) is -6.64. The Morgan fingerprint density at radius 3 is 1.15 bits per heavy atom. The van der Waals surface area contributed by atoms with Crippen LogP contribution in [0.4, 0.5) is 0 Å². The van der Waals surface area contributed by atoms with Gasteiger partial charge in [-0.3, -0.25) is 8.37 Å². The van der Waals surface area contributed by atoms with Gasteiger partial charge in [0.2, 0.25) is 12.2 Å². The molecule has 2 unspecified atom stereocenters. The smallest absolute Gasteiger partial charge is 0.340 e. The third kappa shape index (κ3) is 6.79. The van der Waals surface area contributed by atoms with Crippen molar-refractivity contribution in [3.63, 3.8) is 0 Å². The van der Waals surface area contributed by atoms with Gasteiger partial charge in [0.25, 0.3) is 20.2 Å². The molecule has 0 saturated carbocycles. The van der Waals surface area contributed by atoms with Gasteiger partial charge in [-0.25, -0.2) is 9.59 Å². The van der Waals surface area contributed by atoms with Crippen LogP contribution in [0.3, 0.4) is 0 Å². The molecular formula is C8H14O10S2. The molecule has 0 aliphatic heterocycles. The highest BCUT2D eigenvalue weighted by Gasteiger charge is 2.42. The Hall–Kier alpha value is -1.24. The Morgan fingerprint density at radius 1 is 0.750 bits per heavy atom. The molecule has 0 amide bonds. The van der Waals surface area contributed by atoms with Crippen molar-refractivity contribution >= 4 is 32.2 Å². The van der Waals surface area contributed by atoms with Gasteiger partial charge in [-0.15, -0.1) is 0 Å². The van der Waals surface area contributed by atoms with Crippen molar-refractivity contribution in [2.75, 3.05) is 26.7 Å². The van der Waals surface area contributed by atoms with Crippen molar-refractivity contribution in [2.45, 2.75) is 12.2 Å². The highest BCUT2D eigenvalue weighted by molar-refractivity contribution is 7.86. The van der Waals surface area contributed by atoms with Crippen molar-refractivity contribution < 1.29 is 44.3 Å². The Kier molecular flexibility index (Phi) is 6.53. The molecule has 12 heteroatoms. The highest BCUT2D eigenvalue weighted by Crippen LogP contribution is 2.13. The van der Waals surface area contributed by atoms with Gasteiger partial charge in [0.1, 0.15) is 0 Å². The van der Waals surface area contributed by atoms with E-state index in [0.717, 1.165) is 14.2 Å². The summed E-state index contributed by atoms with van der Waals surface area (Å²) < 4.78 is 61.4. The van der Waals surface area contributed by atoms with E-state index in [1.165, 1.54) is 0 Å². The first-order valence-corrected chi connectivity index (χ1v) is 8.46. The van der Waals surface area contributed by atoms with E-state index in [2.05, 4.69) is 17.8 Å². The van der Waals surface area contributed by atoms with Crippen molar-refractivity contribution in [3.8, 4) is 0 Å². The molecule has 0 aromatic carbocycles. The largest absolute Gasteiger partial charge is 0.467 e. The SMILES string of the molecule is COC(=O)C(OS(C)(=O)=O)C(OS(C)(=O)=O)C(=O)OC. The van der Waals surface area contributed by atoms with Crippen LogP contribution in [0.15, 0.2) is 0 Å². The van der Waals surface area contributed by atoms with E-state index in [9.17, 15) is 26.4 Å². The molecule has 118 valence electrons. The Balaban J connectivity index is 5.62. The lowest BCUT2D eigenvalue weighted by atomic mass is 10.2. The van der Waals surface area contributed by atoms with Gasteiger partial charge in [0.15, 0.2) is 0 Å². The van der Waals surface area contributed by atoms with E-state index in [0.29, 0.717) is 12.5 Å². The van der Waals surface area contributed by atoms with Crippen LogP contribution in [0.1, 0.15) is 0 Å². The molecule has 0 spiro atoms. The molecule has 0 aromatic rings. The monoisotopic (exact) mass is 334 g/mol. The second-order valence-electron chi connectivity index (χ2n) is 3.49. The lowest BCUT2D eigenvalue weighted by molar-refractivity contribution is -0.165. The molecule has 0 fully saturated rings. The summed E-state index contributed by atoms with van der Waals surface area (Å²) in [6.45, 7) is 0. The van der Waals surface area contributed by atoms with Crippen LogP contribution in [-0.4, -0.2) is 67.7 Å². The van der Waals surface area contributed by atoms with Gasteiger partial charge in [0, 0.05) is 0 Å². The van der Waals surface area contributed by atoms with E-state index >= 15 is 0 Å². The summed E-state index contributed by atoms with van der Waals surface area (Å²) in [6.07, 6.45) is -3.12. The topological polar surface area (TPSA) is 139 Å². The Labute approximate surface area is 116 Å². The van der Waals surface area contributed by atoms with E-state index in [-0.39, 0.29) is 0 Å². The van der Waals surface area contributed by atoms with Crippen molar-refractivity contribution in [1.82, 2.24) is 0 Å². The maximum atomic E-state index is 11.4. The summed E-state index contributed by atoms with van der Waals surface area (Å²) in [6, 6.07) is 0. The number of hydrogen-bond donors (Lipinski definition) is 0. The summed E-state index contributed by atoms with van der Waals surface area (Å²) in [5.41, 5.74) is 0. The Bertz CT molecular complexity index is 508. The number of hydrogen-bond acceptors (Lipinski definition) is 10. The fourth-order valence-corrected chi connectivity index (χ4v) is 2.15. The molecule has 0 bridgehead atoms. The molecule has 0 N–H and O–H groups in total. The van der Waals surface area contributed by atoms with Gasteiger partial charge in [-0.05, 0) is 0 Å². The van der Waals surface area contributed by atoms with Crippen molar-refractivity contribution in [2.24, 2.45) is 0 Å². The van der Waals surface area contributed by atoms with Gasteiger partial charge in [0.05, 0.1) is 26.7 Å². The van der Waals surface area contributed by atoms with Crippen molar-refractivity contribution in [1.29, 1.82) is 0 Å². The Morgan fingerprint density at radius 2 is 1.00 bits per heavy atom. The van der Waals surface area contributed by atoms with E-state index in [4.69, 9.17) is 0 Å². The summed E-state index contributed by atoms with van der Waals surface area (Å²) >= 11 is 0. The third-order valence-electron chi connectivity index (χ3n) is 1.70. The molecule has 0 rings (SSSR count). The summed E-state index contributed by atoms with van der Waals surface area (Å²) in [4.78, 5) is 22.9. The number of carbonyl (C=O) groups is 2. The van der Waals surface area contributed by atoms with Crippen LogP contribution in [0, 0.1) is 0 Å². The molecule has 0 radical (unpaired) electrons. The van der Waals surface area contributed by atoms with Gasteiger partial charge < -0.3 is 9.47 Å². The van der Waals surface area contributed by atoms with Gasteiger partial charge >= 0.3 is 11.9 Å². The van der Waals surface area contributed by atoms with Crippen LogP contribution in [0.5, 0.6) is 0 Å². The third-order valence-corrected chi connectivity index (χ3v) is 2.81. The van der Waals surface area contributed by atoms with E-state index < -0.39 is 44.4 Å². The minimum Gasteiger partial charge on any atom is -0.467 e. The molecule has 0 aliphatic rings. The quantitative estimate of drug-likeness (QED) is 0.380. The lowest BCUT2D eigenvalue weighted by Gasteiger charge is -2.21. The second kappa shape index (κ2) is 6.97. The van der Waals surface area contributed by atoms with E-state index in [1.807, 2.05) is 0 Å². The molecule has 0 saturated heterocycles. The lowest BCUT2D eigenvalue weighted by Crippen LogP contribution is -2.46. The molecule has 0 aromatic heterocycles. The first-order chi connectivity index (χ1) is 8.91. The molecule has 0 aliphatic carbocycles. The maximum absolute atomic E-state index is 11.4. The average molecular weight is 334 g/mol. The number of rotatable bonds is 7. The maximum Gasteiger partial charge on any atom is 0.340 e. The number of ether oxygens (including phenoxy) is 2. The van der Waals surface area contributed by atoms with Crippen LogP contribution < -0.4 is 0 Å². The highest BCUT2D eigenvalue weighted by atomic mass is 32.2. The first-order valence-electron chi connectivity index (χ1n) is 4.83. The summed E-state index contributed by atoms with van der Waals surface area (Å²) in [5.74, 6) is -2.65. The van der Waals surface area contributed by atoms with E-state index in [1.54, 1.807) is 0 Å². The average Bonchev–Trinajstić information content (AvgIpc) is 2.29. The summed E-state index contributed by atoms with van der Waals surface area (Å²) in [5, 5.41) is 0. The predicted octanol–water partition coefficient (Wildman–Crippen LogP) is -1.98. The minimum atomic E-state index is -4.20. The van der Waals surface area contributed by atoms with Crippen LogP contribution in [0.2, 0.25) is 0 Å². The fraction of sp³-hybridized carbons (Fsp3) is 0.750. The zero-order valence-electron chi connectivity index (χ0n) is 11.1. The second-order valence-corrected chi connectivity index (χ2v) is 6.69. The van der Waals surface area contributed by atoms with Crippen LogP contribution in [0.25, 0.3) is 0 Å². The molecule has 2 atom stereocenters. The van der Waals surface area contributed by atoms with Crippen LogP contribution in [-0.2, 0) is 47.7 Å².